The lowest BCUT2D eigenvalue weighted by Crippen LogP contribution is -2.43. The van der Waals surface area contributed by atoms with E-state index < -0.39 is 0 Å². The van der Waals surface area contributed by atoms with Crippen molar-refractivity contribution in [2.24, 2.45) is 4.99 Å². The molecule has 0 amide bonds. The van der Waals surface area contributed by atoms with Crippen LogP contribution in [0.5, 0.6) is 0 Å². The van der Waals surface area contributed by atoms with E-state index in [2.05, 4.69) is 41.3 Å². The molecule has 5 nitrogen and oxygen atoms in total. The van der Waals surface area contributed by atoms with Crippen molar-refractivity contribution in [3.05, 3.63) is 0 Å². The van der Waals surface area contributed by atoms with Crippen LogP contribution in [0, 0.1) is 0 Å². The van der Waals surface area contributed by atoms with Gasteiger partial charge in [-0.05, 0) is 45.8 Å². The molecule has 0 saturated carbocycles. The number of halogens is 1. The van der Waals surface area contributed by atoms with Crippen LogP contribution in [-0.4, -0.2) is 63.8 Å². The van der Waals surface area contributed by atoms with E-state index in [9.17, 15) is 0 Å². The first-order valence-electron chi connectivity index (χ1n) is 7.86. The predicted octanol–water partition coefficient (Wildman–Crippen LogP) is 2.32. The normalized spacial score (nSPS) is 13.0. The monoisotopic (exact) mass is 414 g/mol. The standard InChI is InChI=1S/C15H34N4O.HI/c1-6-19(7-2)12-8-10-14(3)18-15(16-4)17-11-9-13-20-5;/h14H,6-13H2,1-5H3,(H2,16,17,18);1H. The smallest absolute Gasteiger partial charge is 0.191 e. The van der Waals surface area contributed by atoms with Gasteiger partial charge in [0, 0.05) is 33.4 Å². The van der Waals surface area contributed by atoms with Crippen molar-refractivity contribution in [2.75, 3.05) is 46.9 Å². The van der Waals surface area contributed by atoms with Crippen LogP contribution in [0.2, 0.25) is 0 Å². The Morgan fingerprint density at radius 3 is 2.43 bits per heavy atom. The molecule has 0 spiro atoms. The van der Waals surface area contributed by atoms with Gasteiger partial charge in [-0.1, -0.05) is 13.8 Å². The van der Waals surface area contributed by atoms with Crippen molar-refractivity contribution in [3.63, 3.8) is 0 Å². The molecule has 0 fully saturated rings. The largest absolute Gasteiger partial charge is 0.385 e. The van der Waals surface area contributed by atoms with Gasteiger partial charge in [-0.3, -0.25) is 4.99 Å². The summed E-state index contributed by atoms with van der Waals surface area (Å²) in [5.74, 6) is 0.886. The van der Waals surface area contributed by atoms with E-state index in [1.165, 1.54) is 13.0 Å². The van der Waals surface area contributed by atoms with E-state index in [4.69, 9.17) is 4.74 Å². The fraction of sp³-hybridized carbons (Fsp3) is 0.933. The minimum absolute atomic E-state index is 0. The Hall–Kier alpha value is -0.0800. The Balaban J connectivity index is 0. The maximum absolute atomic E-state index is 5.03. The first-order chi connectivity index (χ1) is 9.67. The van der Waals surface area contributed by atoms with Gasteiger partial charge in [0.25, 0.3) is 0 Å². The van der Waals surface area contributed by atoms with Gasteiger partial charge in [0.1, 0.15) is 0 Å². The maximum Gasteiger partial charge on any atom is 0.191 e. The Labute approximate surface area is 148 Å². The third-order valence-corrected chi connectivity index (χ3v) is 3.43. The third kappa shape index (κ3) is 13.3. The lowest BCUT2D eigenvalue weighted by molar-refractivity contribution is 0.195. The first-order valence-corrected chi connectivity index (χ1v) is 7.86. The van der Waals surface area contributed by atoms with Crippen LogP contribution in [-0.2, 0) is 4.74 Å². The molecule has 0 rings (SSSR count). The van der Waals surface area contributed by atoms with Crippen LogP contribution in [0.4, 0.5) is 0 Å². The average molecular weight is 414 g/mol. The van der Waals surface area contributed by atoms with Gasteiger partial charge in [0.05, 0.1) is 0 Å². The molecule has 0 aromatic heterocycles. The van der Waals surface area contributed by atoms with Gasteiger partial charge in [0.2, 0.25) is 0 Å². The molecule has 0 aliphatic heterocycles. The minimum Gasteiger partial charge on any atom is -0.385 e. The van der Waals surface area contributed by atoms with Gasteiger partial charge < -0.3 is 20.3 Å². The number of rotatable bonds is 11. The zero-order chi connectivity index (χ0) is 15.2. The number of methoxy groups -OCH3 is 1. The highest BCUT2D eigenvalue weighted by Crippen LogP contribution is 1.99. The minimum atomic E-state index is 0. The number of guanidine groups is 1. The molecule has 0 bridgehead atoms. The third-order valence-electron chi connectivity index (χ3n) is 3.43. The zero-order valence-corrected chi connectivity index (χ0v) is 16.8. The maximum atomic E-state index is 5.03. The van der Waals surface area contributed by atoms with E-state index in [0.29, 0.717) is 6.04 Å². The summed E-state index contributed by atoms with van der Waals surface area (Å²) in [5, 5.41) is 6.74. The predicted molar refractivity (Wildman–Crippen MR) is 103 cm³/mol. The molecule has 0 aliphatic rings. The number of hydrogen-bond donors (Lipinski definition) is 2. The molecule has 2 N–H and O–H groups in total. The summed E-state index contributed by atoms with van der Waals surface area (Å²) in [6, 6.07) is 0.444. The van der Waals surface area contributed by atoms with Crippen LogP contribution in [0.1, 0.15) is 40.0 Å². The average Bonchev–Trinajstić information content (AvgIpc) is 2.46. The fourth-order valence-corrected chi connectivity index (χ4v) is 2.08. The highest BCUT2D eigenvalue weighted by Gasteiger charge is 2.06. The van der Waals surface area contributed by atoms with Gasteiger partial charge in [-0.25, -0.2) is 0 Å². The first kappa shape index (κ1) is 23.2. The molecule has 0 heterocycles. The van der Waals surface area contributed by atoms with Crippen LogP contribution < -0.4 is 10.6 Å². The van der Waals surface area contributed by atoms with E-state index in [-0.39, 0.29) is 24.0 Å². The van der Waals surface area contributed by atoms with Gasteiger partial charge in [-0.15, -0.1) is 24.0 Å². The Morgan fingerprint density at radius 2 is 1.90 bits per heavy atom. The Bertz CT molecular complexity index is 248. The fourth-order valence-electron chi connectivity index (χ4n) is 2.08. The van der Waals surface area contributed by atoms with Gasteiger partial charge >= 0.3 is 0 Å². The quantitative estimate of drug-likeness (QED) is 0.236. The summed E-state index contributed by atoms with van der Waals surface area (Å²) in [5.41, 5.74) is 0. The van der Waals surface area contributed by atoms with Crippen molar-refractivity contribution in [1.82, 2.24) is 15.5 Å². The van der Waals surface area contributed by atoms with Crippen molar-refractivity contribution < 1.29 is 4.74 Å². The lowest BCUT2D eigenvalue weighted by atomic mass is 10.2. The number of hydrogen-bond acceptors (Lipinski definition) is 3. The van der Waals surface area contributed by atoms with Crippen LogP contribution >= 0.6 is 24.0 Å². The van der Waals surface area contributed by atoms with Gasteiger partial charge in [0.15, 0.2) is 5.96 Å². The van der Waals surface area contributed by atoms with Crippen molar-refractivity contribution in [2.45, 2.75) is 46.1 Å². The summed E-state index contributed by atoms with van der Waals surface area (Å²) in [7, 11) is 3.54. The molecule has 6 heteroatoms. The highest BCUT2D eigenvalue weighted by molar-refractivity contribution is 14.0. The Morgan fingerprint density at radius 1 is 1.24 bits per heavy atom. The van der Waals surface area contributed by atoms with Crippen LogP contribution in [0.15, 0.2) is 4.99 Å². The summed E-state index contributed by atoms with van der Waals surface area (Å²) < 4.78 is 5.03. The summed E-state index contributed by atoms with van der Waals surface area (Å²) in [6.07, 6.45) is 3.37. The summed E-state index contributed by atoms with van der Waals surface area (Å²) in [4.78, 5) is 6.71. The lowest BCUT2D eigenvalue weighted by Gasteiger charge is -2.21. The molecule has 0 saturated heterocycles. The van der Waals surface area contributed by atoms with Crippen molar-refractivity contribution in [3.8, 4) is 0 Å². The molecular weight excluding hydrogens is 379 g/mol. The van der Waals surface area contributed by atoms with Crippen LogP contribution in [0.25, 0.3) is 0 Å². The number of nitrogens with one attached hydrogen (secondary N) is 2. The van der Waals surface area contributed by atoms with Crippen molar-refractivity contribution in [1.29, 1.82) is 0 Å². The topological polar surface area (TPSA) is 48.9 Å². The SMILES string of the molecule is CCN(CC)CCCC(C)NC(=NC)NCCCOC.I. The molecule has 0 aliphatic carbocycles. The molecule has 1 unspecified atom stereocenters. The van der Waals surface area contributed by atoms with Crippen molar-refractivity contribution >= 4 is 29.9 Å². The molecule has 0 aromatic carbocycles. The molecule has 128 valence electrons. The molecule has 0 aromatic rings. The number of ether oxygens (including phenoxy) is 1. The van der Waals surface area contributed by atoms with Crippen LogP contribution in [0.3, 0.4) is 0 Å². The molecule has 21 heavy (non-hydrogen) atoms. The molecule has 0 radical (unpaired) electrons. The van der Waals surface area contributed by atoms with E-state index in [0.717, 1.165) is 45.0 Å². The second-order valence-electron chi connectivity index (χ2n) is 5.06. The number of nitrogens with zero attached hydrogens (tertiary/aromatic N) is 2. The van der Waals surface area contributed by atoms with E-state index in [1.54, 1.807) is 7.11 Å². The Kier molecular flexibility index (Phi) is 18.0. The van der Waals surface area contributed by atoms with E-state index >= 15 is 0 Å². The van der Waals surface area contributed by atoms with Gasteiger partial charge in [-0.2, -0.15) is 0 Å². The number of aliphatic imine (C=N–C) groups is 1. The second kappa shape index (κ2) is 16.3. The highest BCUT2D eigenvalue weighted by atomic mass is 127. The summed E-state index contributed by atoms with van der Waals surface area (Å²) in [6.45, 7) is 11.8. The summed E-state index contributed by atoms with van der Waals surface area (Å²) >= 11 is 0. The second-order valence-corrected chi connectivity index (χ2v) is 5.06. The molecular formula is C15H35IN4O. The van der Waals surface area contributed by atoms with E-state index in [1.807, 2.05) is 7.05 Å². The zero-order valence-electron chi connectivity index (χ0n) is 14.4. The molecule has 1 atom stereocenters.